The molecule has 0 aliphatic rings. The van der Waals surface area contributed by atoms with Gasteiger partial charge in [0.15, 0.2) is 6.04 Å². The molecule has 2 aromatic carbocycles. The van der Waals surface area contributed by atoms with Crippen molar-refractivity contribution in [3.8, 4) is 24.0 Å². The molecule has 10 nitrogen and oxygen atoms in total. The number of terminal acetylenes is 1. The molecule has 0 saturated heterocycles. The van der Waals surface area contributed by atoms with Crippen molar-refractivity contribution >= 4 is 23.6 Å². The normalized spacial score (nSPS) is 12.5. The third-order valence-corrected chi connectivity index (χ3v) is 4.98. The maximum absolute atomic E-state index is 13.4. The van der Waals surface area contributed by atoms with Crippen LogP contribution >= 0.6 is 0 Å². The lowest BCUT2D eigenvalue weighted by atomic mass is 9.99. The summed E-state index contributed by atoms with van der Waals surface area (Å²) in [5, 5.41) is 25.5. The zero-order chi connectivity index (χ0) is 27.0. The molecule has 0 radical (unpaired) electrons. The van der Waals surface area contributed by atoms with Crippen LogP contribution in [0.5, 0.6) is 11.5 Å². The van der Waals surface area contributed by atoms with Crippen molar-refractivity contribution in [3.63, 3.8) is 0 Å². The van der Waals surface area contributed by atoms with Gasteiger partial charge in [0.25, 0.3) is 11.8 Å². The Kier molecular flexibility index (Phi) is 9.30. The molecule has 0 saturated carbocycles. The van der Waals surface area contributed by atoms with E-state index in [1.54, 1.807) is 64.1 Å². The molecule has 2 aromatic rings. The number of amides is 3. The van der Waals surface area contributed by atoms with Crippen molar-refractivity contribution in [2.75, 3.05) is 19.0 Å². The lowest BCUT2D eigenvalue weighted by molar-refractivity contribution is -0.137. The standard InChI is InChI=1S/C26H31N3O7/c1-7-29(24(33)20(15-30)28-25(34)36-26(3,4)5)21(19-10-8-9-16(2)22(19)31)23(32)27-17-11-13-18(35-6)14-12-17/h1,8-14,20-21,30-31H,15H2,2-6H3,(H,27,32)(H,28,34). The maximum Gasteiger partial charge on any atom is 0.408 e. The van der Waals surface area contributed by atoms with Crippen LogP contribution in [0.15, 0.2) is 42.5 Å². The second-order valence-electron chi connectivity index (χ2n) is 8.85. The number of aliphatic hydroxyl groups excluding tert-OH is 1. The first kappa shape index (κ1) is 28.0. The van der Waals surface area contributed by atoms with Gasteiger partial charge in [-0.05, 0) is 57.5 Å². The highest BCUT2D eigenvalue weighted by molar-refractivity contribution is 6.00. The highest BCUT2D eigenvalue weighted by Crippen LogP contribution is 2.32. The number of nitrogens with one attached hydrogen (secondary N) is 2. The molecule has 36 heavy (non-hydrogen) atoms. The fourth-order valence-corrected chi connectivity index (χ4v) is 3.25. The van der Waals surface area contributed by atoms with Crippen molar-refractivity contribution in [3.05, 3.63) is 53.6 Å². The van der Waals surface area contributed by atoms with E-state index in [4.69, 9.17) is 15.9 Å². The number of ether oxygens (including phenoxy) is 2. The zero-order valence-electron chi connectivity index (χ0n) is 20.9. The molecule has 10 heteroatoms. The average Bonchev–Trinajstić information content (AvgIpc) is 2.82. The molecule has 0 aliphatic carbocycles. The second-order valence-corrected chi connectivity index (χ2v) is 8.85. The van der Waals surface area contributed by atoms with Crippen LogP contribution < -0.4 is 15.4 Å². The fraction of sp³-hybridized carbons (Fsp3) is 0.346. The second kappa shape index (κ2) is 12.0. The summed E-state index contributed by atoms with van der Waals surface area (Å²) in [6.07, 6.45) is 4.69. The quantitative estimate of drug-likeness (QED) is 0.325. The van der Waals surface area contributed by atoms with Crippen LogP contribution in [0.2, 0.25) is 0 Å². The van der Waals surface area contributed by atoms with E-state index < -0.39 is 42.2 Å². The summed E-state index contributed by atoms with van der Waals surface area (Å²) in [5.74, 6) is -1.36. The number of aliphatic hydroxyl groups is 1. The van der Waals surface area contributed by atoms with Crippen LogP contribution in [0, 0.1) is 19.4 Å². The lowest BCUT2D eigenvalue weighted by Gasteiger charge is -2.30. The number of methoxy groups -OCH3 is 1. The molecule has 3 amide bonds. The SMILES string of the molecule is C#CN(C(=O)C(CO)NC(=O)OC(C)(C)C)C(C(=O)Nc1ccc(OC)cc1)c1cccc(C)c1O. The summed E-state index contributed by atoms with van der Waals surface area (Å²) in [7, 11) is 1.50. The van der Waals surface area contributed by atoms with Crippen LogP contribution in [0.4, 0.5) is 10.5 Å². The van der Waals surface area contributed by atoms with E-state index in [0.29, 0.717) is 21.9 Å². The van der Waals surface area contributed by atoms with Gasteiger partial charge in [0.05, 0.1) is 13.7 Å². The summed E-state index contributed by atoms with van der Waals surface area (Å²) < 4.78 is 10.3. The third kappa shape index (κ3) is 7.13. The number of carbonyl (C=O) groups is 3. The molecule has 0 bridgehead atoms. The van der Waals surface area contributed by atoms with E-state index in [-0.39, 0.29) is 11.3 Å². The van der Waals surface area contributed by atoms with Crippen LogP contribution in [0.3, 0.4) is 0 Å². The highest BCUT2D eigenvalue weighted by atomic mass is 16.6. The summed E-state index contributed by atoms with van der Waals surface area (Å²) >= 11 is 0. The Balaban J connectivity index is 2.45. The molecule has 0 aliphatic heterocycles. The minimum absolute atomic E-state index is 0.0567. The molecule has 2 unspecified atom stereocenters. The largest absolute Gasteiger partial charge is 0.507 e. The molecule has 0 aromatic heterocycles. The molecular formula is C26H31N3O7. The number of alkyl carbamates (subject to hydrolysis) is 1. The number of hydrogen-bond donors (Lipinski definition) is 4. The average molecular weight is 498 g/mol. The van der Waals surface area contributed by atoms with Crippen LogP contribution in [-0.4, -0.2) is 58.4 Å². The molecule has 0 spiro atoms. The van der Waals surface area contributed by atoms with Crippen molar-refractivity contribution in [1.82, 2.24) is 10.2 Å². The molecule has 0 fully saturated rings. The number of rotatable bonds is 8. The van der Waals surface area contributed by atoms with Crippen LogP contribution in [0.1, 0.15) is 37.9 Å². The van der Waals surface area contributed by atoms with E-state index >= 15 is 0 Å². The first-order valence-corrected chi connectivity index (χ1v) is 11.0. The Hall–Kier alpha value is -4.23. The van der Waals surface area contributed by atoms with Gasteiger partial charge in [-0.15, -0.1) is 0 Å². The van der Waals surface area contributed by atoms with Crippen molar-refractivity contribution < 1.29 is 34.1 Å². The molecule has 2 atom stereocenters. The van der Waals surface area contributed by atoms with Gasteiger partial charge in [-0.1, -0.05) is 24.6 Å². The molecular weight excluding hydrogens is 466 g/mol. The Morgan fingerprint density at radius 1 is 1.14 bits per heavy atom. The van der Waals surface area contributed by atoms with E-state index in [2.05, 4.69) is 16.7 Å². The number of aromatic hydroxyl groups is 1. The topological polar surface area (TPSA) is 137 Å². The van der Waals surface area contributed by atoms with Gasteiger partial charge in [0.1, 0.15) is 23.1 Å². The Morgan fingerprint density at radius 3 is 2.31 bits per heavy atom. The predicted octanol–water partition coefficient (Wildman–Crippen LogP) is 2.69. The van der Waals surface area contributed by atoms with Crippen LogP contribution in [0.25, 0.3) is 0 Å². The summed E-state index contributed by atoms with van der Waals surface area (Å²) in [6, 6.07) is 10.3. The summed E-state index contributed by atoms with van der Waals surface area (Å²) in [6.45, 7) is 5.71. The third-order valence-electron chi connectivity index (χ3n) is 4.98. The number of aryl methyl sites for hydroxylation is 1. The van der Waals surface area contributed by atoms with E-state index in [1.807, 2.05) is 0 Å². The summed E-state index contributed by atoms with van der Waals surface area (Å²) in [4.78, 5) is 39.7. The number of phenols is 1. The number of anilines is 1. The Morgan fingerprint density at radius 2 is 1.78 bits per heavy atom. The van der Waals surface area contributed by atoms with Gasteiger partial charge in [0.2, 0.25) is 0 Å². The van der Waals surface area contributed by atoms with Crippen molar-refractivity contribution in [2.45, 2.75) is 45.4 Å². The molecule has 0 heterocycles. The van der Waals surface area contributed by atoms with Crippen LogP contribution in [-0.2, 0) is 14.3 Å². The van der Waals surface area contributed by atoms with Gasteiger partial charge in [-0.3, -0.25) is 14.5 Å². The number of para-hydroxylation sites is 1. The Bertz CT molecular complexity index is 1130. The minimum atomic E-state index is -1.51. The van der Waals surface area contributed by atoms with E-state index in [1.165, 1.54) is 13.2 Å². The van der Waals surface area contributed by atoms with Crippen molar-refractivity contribution in [2.24, 2.45) is 0 Å². The van der Waals surface area contributed by atoms with E-state index in [9.17, 15) is 24.6 Å². The predicted molar refractivity (Wildman–Crippen MR) is 133 cm³/mol. The Labute approximate surface area is 210 Å². The maximum atomic E-state index is 13.4. The first-order valence-electron chi connectivity index (χ1n) is 11.0. The molecule has 192 valence electrons. The lowest BCUT2D eigenvalue weighted by Crippen LogP contribution is -2.52. The smallest absolute Gasteiger partial charge is 0.408 e. The summed E-state index contributed by atoms with van der Waals surface area (Å²) in [5.41, 5.74) is 0.0339. The molecule has 4 N–H and O–H groups in total. The number of benzene rings is 2. The fourth-order valence-electron chi connectivity index (χ4n) is 3.25. The van der Waals surface area contributed by atoms with Gasteiger partial charge in [-0.2, -0.15) is 0 Å². The number of phenolic OH excluding ortho intramolecular Hbond substituents is 1. The van der Waals surface area contributed by atoms with Gasteiger partial charge < -0.3 is 30.3 Å². The van der Waals surface area contributed by atoms with Gasteiger partial charge >= 0.3 is 6.09 Å². The zero-order valence-corrected chi connectivity index (χ0v) is 20.9. The monoisotopic (exact) mass is 497 g/mol. The first-order chi connectivity index (χ1) is 16.9. The minimum Gasteiger partial charge on any atom is -0.507 e. The highest BCUT2D eigenvalue weighted by Gasteiger charge is 2.37. The molecule has 2 rings (SSSR count). The number of carbonyl (C=O) groups excluding carboxylic acids is 3. The number of hydrogen-bond acceptors (Lipinski definition) is 7. The number of nitrogens with zero attached hydrogens (tertiary/aromatic N) is 1. The van der Waals surface area contributed by atoms with Crippen molar-refractivity contribution in [1.29, 1.82) is 0 Å². The van der Waals surface area contributed by atoms with Gasteiger partial charge in [0, 0.05) is 17.3 Å². The van der Waals surface area contributed by atoms with E-state index in [0.717, 1.165) is 0 Å². The van der Waals surface area contributed by atoms with Gasteiger partial charge in [-0.25, -0.2) is 4.79 Å².